The number of amides is 3. The Bertz CT molecular complexity index is 975. The molecule has 1 aliphatic rings. The summed E-state index contributed by atoms with van der Waals surface area (Å²) in [7, 11) is 0. The highest BCUT2D eigenvalue weighted by Gasteiger charge is 2.34. The van der Waals surface area contributed by atoms with Gasteiger partial charge in [-0.2, -0.15) is 0 Å². The second kappa shape index (κ2) is 9.67. The Morgan fingerprint density at radius 1 is 1.07 bits per heavy atom. The summed E-state index contributed by atoms with van der Waals surface area (Å²) in [4.78, 5) is 38.0. The average Bonchev–Trinajstić information content (AvgIpc) is 2.97. The van der Waals surface area contributed by atoms with Gasteiger partial charge in [0.2, 0.25) is 5.91 Å². The highest BCUT2D eigenvalue weighted by atomic mass is 32.2. The van der Waals surface area contributed by atoms with Crippen LogP contribution in [0.15, 0.2) is 53.4 Å². The molecule has 1 atom stereocenters. The lowest BCUT2D eigenvalue weighted by Gasteiger charge is -2.15. The first-order valence-electron chi connectivity index (χ1n) is 9.36. The van der Waals surface area contributed by atoms with Gasteiger partial charge in [0.1, 0.15) is 11.6 Å². The summed E-state index contributed by atoms with van der Waals surface area (Å²) in [5, 5.41) is 2.29. The van der Waals surface area contributed by atoms with Gasteiger partial charge in [0.25, 0.3) is 11.1 Å². The van der Waals surface area contributed by atoms with Crippen LogP contribution in [0, 0.1) is 11.6 Å². The summed E-state index contributed by atoms with van der Waals surface area (Å²) in [5.74, 6) is -1.48. The zero-order chi connectivity index (χ0) is 21.7. The van der Waals surface area contributed by atoms with Gasteiger partial charge in [-0.15, -0.1) is 0 Å². The molecule has 0 saturated carbocycles. The largest absolute Gasteiger partial charge is 0.354 e. The van der Waals surface area contributed by atoms with Crippen LogP contribution in [0.25, 0.3) is 6.08 Å². The van der Waals surface area contributed by atoms with E-state index in [1.54, 1.807) is 12.1 Å². The Hall–Kier alpha value is -3.00. The molecule has 1 N–H and O–H groups in total. The lowest BCUT2D eigenvalue weighted by atomic mass is 9.97. The molecule has 0 bridgehead atoms. The molecule has 8 heteroatoms. The SMILES string of the molecule is CC(CC(=O)NCCN1C(=O)S/C(=C/c2ccc(F)cc2)C1=O)c1ccc(F)cc1. The Kier molecular flexibility index (Phi) is 6.99. The van der Waals surface area contributed by atoms with E-state index in [-0.39, 0.29) is 47.9 Å². The van der Waals surface area contributed by atoms with Gasteiger partial charge in [0.15, 0.2) is 0 Å². The number of rotatable bonds is 7. The number of carbonyl (C=O) groups excluding carboxylic acids is 3. The van der Waals surface area contributed by atoms with Crippen LogP contribution in [0.3, 0.4) is 0 Å². The zero-order valence-electron chi connectivity index (χ0n) is 16.2. The number of thioether (sulfide) groups is 1. The van der Waals surface area contributed by atoms with Crippen molar-refractivity contribution in [1.29, 1.82) is 0 Å². The van der Waals surface area contributed by atoms with Crippen LogP contribution in [-0.2, 0) is 9.59 Å². The van der Waals surface area contributed by atoms with Crippen molar-refractivity contribution in [1.82, 2.24) is 10.2 Å². The molecule has 2 aromatic carbocycles. The molecule has 1 aliphatic heterocycles. The molecule has 0 spiro atoms. The van der Waals surface area contributed by atoms with E-state index in [9.17, 15) is 23.2 Å². The molecule has 0 aliphatic carbocycles. The molecule has 156 valence electrons. The number of nitrogens with one attached hydrogen (secondary N) is 1. The minimum Gasteiger partial charge on any atom is -0.354 e. The predicted octanol–water partition coefficient (Wildman–Crippen LogP) is 4.31. The Morgan fingerprint density at radius 2 is 1.67 bits per heavy atom. The molecular formula is C22H20F2N2O3S. The standard InChI is InChI=1S/C22H20F2N2O3S/c1-14(16-4-8-18(24)9-5-16)12-20(27)25-10-11-26-21(28)19(30-22(26)29)13-15-2-6-17(23)7-3-15/h2-9,13-14H,10-12H2,1H3,(H,25,27)/b19-13+. The molecule has 2 aromatic rings. The summed E-state index contributed by atoms with van der Waals surface area (Å²) in [6.07, 6.45) is 1.74. The summed E-state index contributed by atoms with van der Waals surface area (Å²) < 4.78 is 26.0. The number of hydrogen-bond acceptors (Lipinski definition) is 4. The van der Waals surface area contributed by atoms with Crippen molar-refractivity contribution in [3.63, 3.8) is 0 Å². The van der Waals surface area contributed by atoms with Gasteiger partial charge in [-0.3, -0.25) is 19.3 Å². The maximum absolute atomic E-state index is 13.0. The molecule has 0 aromatic heterocycles. The van der Waals surface area contributed by atoms with Crippen LogP contribution in [0.2, 0.25) is 0 Å². The molecule has 1 saturated heterocycles. The fraction of sp³-hybridized carbons (Fsp3) is 0.227. The molecule has 3 rings (SSSR count). The third-order valence-electron chi connectivity index (χ3n) is 4.63. The molecular weight excluding hydrogens is 410 g/mol. The summed E-state index contributed by atoms with van der Waals surface area (Å²) in [5.41, 5.74) is 1.47. The smallest absolute Gasteiger partial charge is 0.293 e. The topological polar surface area (TPSA) is 66.5 Å². The maximum Gasteiger partial charge on any atom is 0.293 e. The van der Waals surface area contributed by atoms with Crippen LogP contribution in [-0.4, -0.2) is 35.0 Å². The van der Waals surface area contributed by atoms with E-state index in [1.165, 1.54) is 42.5 Å². The van der Waals surface area contributed by atoms with E-state index in [1.807, 2.05) is 6.92 Å². The monoisotopic (exact) mass is 430 g/mol. The van der Waals surface area contributed by atoms with Crippen molar-refractivity contribution in [2.45, 2.75) is 19.3 Å². The number of nitrogens with zero attached hydrogens (tertiary/aromatic N) is 1. The second-order valence-electron chi connectivity index (χ2n) is 6.89. The van der Waals surface area contributed by atoms with Crippen molar-refractivity contribution >= 4 is 34.9 Å². The highest BCUT2D eigenvalue weighted by Crippen LogP contribution is 2.31. The Morgan fingerprint density at radius 3 is 2.30 bits per heavy atom. The summed E-state index contributed by atoms with van der Waals surface area (Å²) in [6.45, 7) is 2.06. The zero-order valence-corrected chi connectivity index (χ0v) is 17.0. The first-order valence-corrected chi connectivity index (χ1v) is 10.2. The van der Waals surface area contributed by atoms with E-state index >= 15 is 0 Å². The second-order valence-corrected chi connectivity index (χ2v) is 7.88. The Labute approximate surface area is 177 Å². The van der Waals surface area contributed by atoms with Crippen molar-refractivity contribution in [3.8, 4) is 0 Å². The quantitative estimate of drug-likeness (QED) is 0.665. The fourth-order valence-corrected chi connectivity index (χ4v) is 3.83. The fourth-order valence-electron chi connectivity index (χ4n) is 2.97. The number of benzene rings is 2. The van der Waals surface area contributed by atoms with Crippen molar-refractivity contribution in [3.05, 3.63) is 76.2 Å². The van der Waals surface area contributed by atoms with E-state index in [2.05, 4.69) is 5.32 Å². The number of halogens is 2. The molecule has 0 radical (unpaired) electrons. The maximum atomic E-state index is 13.0. The van der Waals surface area contributed by atoms with E-state index in [0.717, 1.165) is 22.2 Å². The number of carbonyl (C=O) groups is 3. The minimum absolute atomic E-state index is 0.0576. The van der Waals surface area contributed by atoms with E-state index < -0.39 is 11.1 Å². The van der Waals surface area contributed by atoms with Crippen LogP contribution in [0.5, 0.6) is 0 Å². The first-order chi connectivity index (χ1) is 14.3. The third kappa shape index (κ3) is 5.54. The van der Waals surface area contributed by atoms with Gasteiger partial charge in [-0.25, -0.2) is 8.78 Å². The van der Waals surface area contributed by atoms with Crippen LogP contribution in [0.4, 0.5) is 13.6 Å². The molecule has 1 fully saturated rings. The minimum atomic E-state index is -0.441. The van der Waals surface area contributed by atoms with Gasteiger partial charge in [-0.1, -0.05) is 31.2 Å². The van der Waals surface area contributed by atoms with Crippen molar-refractivity contribution < 1.29 is 23.2 Å². The molecule has 3 amide bonds. The van der Waals surface area contributed by atoms with Crippen LogP contribution >= 0.6 is 11.8 Å². The van der Waals surface area contributed by atoms with E-state index in [0.29, 0.717) is 5.56 Å². The third-order valence-corrected chi connectivity index (χ3v) is 5.54. The summed E-state index contributed by atoms with van der Waals surface area (Å²) >= 11 is 0.810. The van der Waals surface area contributed by atoms with Crippen LogP contribution in [0.1, 0.15) is 30.4 Å². The van der Waals surface area contributed by atoms with E-state index in [4.69, 9.17) is 0 Å². The average molecular weight is 430 g/mol. The predicted molar refractivity (Wildman–Crippen MR) is 112 cm³/mol. The normalized spacial score (nSPS) is 16.2. The number of imide groups is 1. The van der Waals surface area contributed by atoms with Crippen molar-refractivity contribution in [2.75, 3.05) is 13.1 Å². The van der Waals surface area contributed by atoms with Gasteiger partial charge in [0, 0.05) is 19.5 Å². The Balaban J connectivity index is 1.50. The number of hydrogen-bond donors (Lipinski definition) is 1. The lowest BCUT2D eigenvalue weighted by molar-refractivity contribution is -0.124. The van der Waals surface area contributed by atoms with Gasteiger partial charge in [0.05, 0.1) is 4.91 Å². The molecule has 5 nitrogen and oxygen atoms in total. The highest BCUT2D eigenvalue weighted by molar-refractivity contribution is 8.18. The lowest BCUT2D eigenvalue weighted by Crippen LogP contribution is -2.37. The van der Waals surface area contributed by atoms with Gasteiger partial charge in [-0.05, 0) is 59.1 Å². The van der Waals surface area contributed by atoms with Gasteiger partial charge >= 0.3 is 0 Å². The first kappa shape index (κ1) is 21.7. The van der Waals surface area contributed by atoms with Crippen LogP contribution < -0.4 is 5.32 Å². The van der Waals surface area contributed by atoms with Crippen molar-refractivity contribution in [2.24, 2.45) is 0 Å². The molecule has 1 heterocycles. The summed E-state index contributed by atoms with van der Waals surface area (Å²) in [6, 6.07) is 11.6. The van der Waals surface area contributed by atoms with Gasteiger partial charge < -0.3 is 5.32 Å². The molecule has 30 heavy (non-hydrogen) atoms. The molecule has 1 unspecified atom stereocenters.